The van der Waals surface area contributed by atoms with Crippen molar-refractivity contribution in [3.05, 3.63) is 29.6 Å². The first-order valence-corrected chi connectivity index (χ1v) is 5.30. The molecule has 0 aliphatic heterocycles. The molecule has 1 aromatic carbocycles. The Bertz CT molecular complexity index is 300. The van der Waals surface area contributed by atoms with Crippen molar-refractivity contribution in [2.75, 3.05) is 13.2 Å². The number of benzene rings is 1. The zero-order valence-electron chi connectivity index (χ0n) is 9.00. The molecule has 0 aliphatic carbocycles. The van der Waals surface area contributed by atoms with Crippen LogP contribution in [0.5, 0.6) is 5.75 Å². The van der Waals surface area contributed by atoms with E-state index in [0.29, 0.717) is 18.8 Å². The Morgan fingerprint density at radius 2 is 2.20 bits per heavy atom. The SMILES string of the molecule is CCCCOc1ccc(F)cc1CCO. The molecule has 2 nitrogen and oxygen atoms in total. The summed E-state index contributed by atoms with van der Waals surface area (Å²) in [6, 6.07) is 4.41. The van der Waals surface area contributed by atoms with Gasteiger partial charge in [0.1, 0.15) is 11.6 Å². The van der Waals surface area contributed by atoms with Gasteiger partial charge in [0.25, 0.3) is 0 Å². The van der Waals surface area contributed by atoms with Crippen LogP contribution in [-0.2, 0) is 6.42 Å². The Labute approximate surface area is 89.7 Å². The van der Waals surface area contributed by atoms with Crippen LogP contribution in [0.15, 0.2) is 18.2 Å². The van der Waals surface area contributed by atoms with E-state index in [-0.39, 0.29) is 12.4 Å². The highest BCUT2D eigenvalue weighted by Crippen LogP contribution is 2.20. The lowest BCUT2D eigenvalue weighted by molar-refractivity contribution is 0.285. The molecule has 3 heteroatoms. The van der Waals surface area contributed by atoms with Gasteiger partial charge in [-0.15, -0.1) is 0 Å². The normalized spacial score (nSPS) is 10.3. The fourth-order valence-electron chi connectivity index (χ4n) is 1.33. The number of aliphatic hydroxyl groups excluding tert-OH is 1. The van der Waals surface area contributed by atoms with E-state index in [1.807, 2.05) is 0 Å². The van der Waals surface area contributed by atoms with Crippen LogP contribution in [0.2, 0.25) is 0 Å². The zero-order chi connectivity index (χ0) is 11.1. The number of unbranched alkanes of at least 4 members (excludes halogenated alkanes) is 1. The molecule has 0 bridgehead atoms. The smallest absolute Gasteiger partial charge is 0.123 e. The maximum Gasteiger partial charge on any atom is 0.123 e. The monoisotopic (exact) mass is 212 g/mol. The van der Waals surface area contributed by atoms with Crippen molar-refractivity contribution in [3.63, 3.8) is 0 Å². The van der Waals surface area contributed by atoms with E-state index in [0.717, 1.165) is 18.4 Å². The molecule has 1 N–H and O–H groups in total. The van der Waals surface area contributed by atoms with Crippen molar-refractivity contribution in [1.82, 2.24) is 0 Å². The van der Waals surface area contributed by atoms with Crippen LogP contribution < -0.4 is 4.74 Å². The van der Waals surface area contributed by atoms with E-state index in [1.165, 1.54) is 12.1 Å². The van der Waals surface area contributed by atoms with Crippen molar-refractivity contribution in [3.8, 4) is 5.75 Å². The Kier molecular flexibility index (Phi) is 5.12. The minimum absolute atomic E-state index is 0.00753. The molecular weight excluding hydrogens is 195 g/mol. The first-order valence-electron chi connectivity index (χ1n) is 5.30. The largest absolute Gasteiger partial charge is 0.493 e. The molecule has 0 amide bonds. The molecule has 0 unspecified atom stereocenters. The van der Waals surface area contributed by atoms with E-state index >= 15 is 0 Å². The first kappa shape index (κ1) is 12.0. The molecule has 0 radical (unpaired) electrons. The van der Waals surface area contributed by atoms with Gasteiger partial charge in [0.2, 0.25) is 0 Å². The Hall–Kier alpha value is -1.09. The molecule has 0 spiro atoms. The summed E-state index contributed by atoms with van der Waals surface area (Å²) in [4.78, 5) is 0. The van der Waals surface area contributed by atoms with Crippen molar-refractivity contribution >= 4 is 0 Å². The quantitative estimate of drug-likeness (QED) is 0.734. The van der Waals surface area contributed by atoms with Gasteiger partial charge in [-0.25, -0.2) is 4.39 Å². The highest BCUT2D eigenvalue weighted by atomic mass is 19.1. The fraction of sp³-hybridized carbons (Fsp3) is 0.500. The molecular formula is C12H17FO2. The van der Waals surface area contributed by atoms with E-state index in [1.54, 1.807) is 6.07 Å². The van der Waals surface area contributed by atoms with Gasteiger partial charge in [0.05, 0.1) is 6.61 Å². The van der Waals surface area contributed by atoms with Gasteiger partial charge >= 0.3 is 0 Å². The van der Waals surface area contributed by atoms with E-state index < -0.39 is 0 Å². The van der Waals surface area contributed by atoms with Crippen LogP contribution in [0.4, 0.5) is 4.39 Å². The number of rotatable bonds is 6. The Balaban J connectivity index is 2.67. The molecule has 1 rings (SSSR count). The third kappa shape index (κ3) is 3.88. The predicted octanol–water partition coefficient (Wildman–Crippen LogP) is 2.54. The second-order valence-electron chi connectivity index (χ2n) is 3.43. The minimum Gasteiger partial charge on any atom is -0.493 e. The summed E-state index contributed by atoms with van der Waals surface area (Å²) in [6.45, 7) is 2.73. The molecule has 0 saturated heterocycles. The third-order valence-electron chi connectivity index (χ3n) is 2.16. The van der Waals surface area contributed by atoms with Gasteiger partial charge in [-0.2, -0.15) is 0 Å². The number of hydrogen-bond donors (Lipinski definition) is 1. The van der Waals surface area contributed by atoms with Crippen molar-refractivity contribution in [1.29, 1.82) is 0 Å². The van der Waals surface area contributed by atoms with E-state index in [4.69, 9.17) is 9.84 Å². The van der Waals surface area contributed by atoms with Crippen molar-refractivity contribution < 1.29 is 14.2 Å². The van der Waals surface area contributed by atoms with Gasteiger partial charge in [0, 0.05) is 6.61 Å². The summed E-state index contributed by atoms with van der Waals surface area (Å²) in [5.74, 6) is 0.389. The molecule has 0 fully saturated rings. The van der Waals surface area contributed by atoms with Crippen LogP contribution in [0.1, 0.15) is 25.3 Å². The third-order valence-corrected chi connectivity index (χ3v) is 2.16. The molecule has 15 heavy (non-hydrogen) atoms. The standard InChI is InChI=1S/C12H17FO2/c1-2-3-8-15-12-5-4-11(13)9-10(12)6-7-14/h4-5,9,14H,2-3,6-8H2,1H3. The Morgan fingerprint density at radius 1 is 1.40 bits per heavy atom. The molecule has 1 aromatic rings. The summed E-state index contributed by atoms with van der Waals surface area (Å²) in [7, 11) is 0. The highest BCUT2D eigenvalue weighted by Gasteiger charge is 2.04. The maximum absolute atomic E-state index is 12.9. The van der Waals surface area contributed by atoms with Crippen LogP contribution in [0.25, 0.3) is 0 Å². The van der Waals surface area contributed by atoms with Gasteiger partial charge in [-0.1, -0.05) is 13.3 Å². The fourth-order valence-corrected chi connectivity index (χ4v) is 1.33. The minimum atomic E-state index is -0.290. The van der Waals surface area contributed by atoms with Crippen molar-refractivity contribution in [2.45, 2.75) is 26.2 Å². The Morgan fingerprint density at radius 3 is 2.87 bits per heavy atom. The summed E-state index contributed by atoms with van der Waals surface area (Å²) < 4.78 is 18.4. The number of ether oxygens (including phenoxy) is 1. The molecule has 0 aromatic heterocycles. The summed E-state index contributed by atoms with van der Waals surface area (Å²) in [5, 5.41) is 8.83. The molecule has 0 heterocycles. The average molecular weight is 212 g/mol. The average Bonchev–Trinajstić information content (AvgIpc) is 2.22. The van der Waals surface area contributed by atoms with E-state index in [9.17, 15) is 4.39 Å². The molecule has 84 valence electrons. The summed E-state index contributed by atoms with van der Waals surface area (Å²) in [6.07, 6.45) is 2.48. The molecule has 0 atom stereocenters. The van der Waals surface area contributed by atoms with Crippen molar-refractivity contribution in [2.24, 2.45) is 0 Å². The van der Waals surface area contributed by atoms with Gasteiger partial charge < -0.3 is 9.84 Å². The summed E-state index contributed by atoms with van der Waals surface area (Å²) in [5.41, 5.74) is 0.730. The van der Waals surface area contributed by atoms with Crippen LogP contribution in [0.3, 0.4) is 0 Å². The zero-order valence-corrected chi connectivity index (χ0v) is 9.00. The van der Waals surface area contributed by atoms with Crippen LogP contribution >= 0.6 is 0 Å². The number of aliphatic hydroxyl groups is 1. The lowest BCUT2D eigenvalue weighted by Gasteiger charge is -2.10. The molecule has 0 aliphatic rings. The van der Waals surface area contributed by atoms with Gasteiger partial charge in [-0.05, 0) is 36.6 Å². The van der Waals surface area contributed by atoms with Gasteiger partial charge in [-0.3, -0.25) is 0 Å². The second-order valence-corrected chi connectivity index (χ2v) is 3.43. The molecule has 0 saturated carbocycles. The highest BCUT2D eigenvalue weighted by molar-refractivity contribution is 5.34. The van der Waals surface area contributed by atoms with Gasteiger partial charge in [0.15, 0.2) is 0 Å². The first-order chi connectivity index (χ1) is 7.27. The summed E-state index contributed by atoms with van der Waals surface area (Å²) >= 11 is 0. The van der Waals surface area contributed by atoms with Crippen LogP contribution in [0, 0.1) is 5.82 Å². The lowest BCUT2D eigenvalue weighted by Crippen LogP contribution is -2.01. The van der Waals surface area contributed by atoms with E-state index in [2.05, 4.69) is 6.92 Å². The topological polar surface area (TPSA) is 29.5 Å². The number of hydrogen-bond acceptors (Lipinski definition) is 2. The lowest BCUT2D eigenvalue weighted by atomic mass is 10.1. The predicted molar refractivity (Wildman–Crippen MR) is 57.6 cm³/mol. The van der Waals surface area contributed by atoms with Crippen LogP contribution in [-0.4, -0.2) is 18.3 Å². The maximum atomic E-state index is 12.9. The number of halogens is 1. The second kappa shape index (κ2) is 6.40.